The minimum atomic E-state index is -0.565. The molecule has 0 bridgehead atoms. The Bertz CT molecular complexity index is 933. The number of hydrogen-bond acceptors (Lipinski definition) is 5. The molecule has 31 heavy (non-hydrogen) atoms. The van der Waals surface area contributed by atoms with Gasteiger partial charge in [0.1, 0.15) is 11.4 Å². The fourth-order valence-electron chi connectivity index (χ4n) is 3.36. The Morgan fingerprint density at radius 3 is 2.71 bits per heavy atom. The van der Waals surface area contributed by atoms with Crippen molar-refractivity contribution in [3.63, 3.8) is 0 Å². The molecule has 2 aromatic rings. The lowest BCUT2D eigenvalue weighted by Crippen LogP contribution is -2.33. The van der Waals surface area contributed by atoms with Crippen molar-refractivity contribution in [3.8, 4) is 0 Å². The summed E-state index contributed by atoms with van der Waals surface area (Å²) in [6.45, 7) is 6.52. The number of furan rings is 1. The number of anilines is 1. The molecule has 1 saturated heterocycles. The molecule has 1 aliphatic heterocycles. The maximum Gasteiger partial charge on any atom is 0.410 e. The summed E-state index contributed by atoms with van der Waals surface area (Å²) in [5, 5.41) is 2.89. The number of ether oxygens (including phenoxy) is 1. The molecule has 0 spiro atoms. The highest BCUT2D eigenvalue weighted by Gasteiger charge is 2.34. The predicted molar refractivity (Wildman–Crippen MR) is 115 cm³/mol. The molecule has 166 valence electrons. The lowest BCUT2D eigenvalue weighted by Gasteiger charge is -2.24. The molecule has 1 fully saturated rings. The molecule has 1 atom stereocenters. The van der Waals surface area contributed by atoms with Crippen LogP contribution in [0.25, 0.3) is 0 Å². The lowest BCUT2D eigenvalue weighted by molar-refractivity contribution is -0.128. The third kappa shape index (κ3) is 6.34. The topological polar surface area (TPSA) is 92.1 Å². The summed E-state index contributed by atoms with van der Waals surface area (Å²) in [7, 11) is 1.66. The number of nitrogens with one attached hydrogen (secondary N) is 1. The molecule has 1 N–H and O–H groups in total. The molecule has 3 amide bonds. The smallest absolute Gasteiger partial charge is 0.410 e. The highest BCUT2D eigenvalue weighted by molar-refractivity contribution is 5.97. The minimum absolute atomic E-state index is 0.0655. The molecule has 1 unspecified atom stereocenters. The van der Waals surface area contributed by atoms with Crippen LogP contribution in [-0.4, -0.2) is 46.9 Å². The number of rotatable bonds is 6. The van der Waals surface area contributed by atoms with Crippen molar-refractivity contribution in [2.75, 3.05) is 18.9 Å². The van der Waals surface area contributed by atoms with Gasteiger partial charge in [0.15, 0.2) is 0 Å². The Kier molecular flexibility index (Phi) is 6.68. The van der Waals surface area contributed by atoms with Gasteiger partial charge in [0.25, 0.3) is 0 Å². The van der Waals surface area contributed by atoms with E-state index in [1.165, 1.54) is 4.90 Å². The van der Waals surface area contributed by atoms with Gasteiger partial charge in [0.05, 0.1) is 18.7 Å². The SMILES string of the molecule is CN(Cc1cccc(NC(=O)C2CC(=O)N(Cc3ccco3)C2)c1)C(=O)OC(C)(C)C. The summed E-state index contributed by atoms with van der Waals surface area (Å²) in [4.78, 5) is 40.3. The summed E-state index contributed by atoms with van der Waals surface area (Å²) < 4.78 is 10.7. The summed E-state index contributed by atoms with van der Waals surface area (Å²) in [5.41, 5.74) is 0.912. The van der Waals surface area contributed by atoms with Gasteiger partial charge in [-0.2, -0.15) is 0 Å². The molecule has 3 rings (SSSR count). The summed E-state index contributed by atoms with van der Waals surface area (Å²) >= 11 is 0. The quantitative estimate of drug-likeness (QED) is 0.760. The summed E-state index contributed by atoms with van der Waals surface area (Å²) in [5.74, 6) is 0.00370. The number of carbonyl (C=O) groups excluding carboxylic acids is 3. The van der Waals surface area contributed by atoms with E-state index in [2.05, 4.69) is 5.32 Å². The van der Waals surface area contributed by atoms with Crippen molar-refractivity contribution in [2.45, 2.75) is 45.9 Å². The van der Waals surface area contributed by atoms with Crippen LogP contribution in [0.5, 0.6) is 0 Å². The van der Waals surface area contributed by atoms with Crippen molar-refractivity contribution in [1.82, 2.24) is 9.80 Å². The number of hydrogen-bond donors (Lipinski definition) is 1. The number of likely N-dealkylation sites (tertiary alicyclic amines) is 1. The van der Waals surface area contributed by atoms with Crippen LogP contribution < -0.4 is 5.32 Å². The molecule has 0 radical (unpaired) electrons. The Hall–Kier alpha value is -3.29. The molecular formula is C23H29N3O5. The van der Waals surface area contributed by atoms with Gasteiger partial charge in [-0.25, -0.2) is 4.79 Å². The van der Waals surface area contributed by atoms with Gasteiger partial charge in [-0.1, -0.05) is 12.1 Å². The molecule has 0 saturated carbocycles. The van der Waals surface area contributed by atoms with Crippen LogP contribution in [0.4, 0.5) is 10.5 Å². The van der Waals surface area contributed by atoms with E-state index in [0.29, 0.717) is 31.1 Å². The van der Waals surface area contributed by atoms with E-state index in [0.717, 1.165) is 5.56 Å². The van der Waals surface area contributed by atoms with Crippen LogP contribution in [0.3, 0.4) is 0 Å². The monoisotopic (exact) mass is 427 g/mol. The Morgan fingerprint density at radius 1 is 1.26 bits per heavy atom. The largest absolute Gasteiger partial charge is 0.467 e. The second-order valence-corrected chi connectivity index (χ2v) is 8.78. The van der Waals surface area contributed by atoms with Gasteiger partial charge in [0.2, 0.25) is 11.8 Å². The first-order chi connectivity index (χ1) is 14.6. The van der Waals surface area contributed by atoms with E-state index in [9.17, 15) is 14.4 Å². The number of benzene rings is 1. The lowest BCUT2D eigenvalue weighted by atomic mass is 10.1. The summed E-state index contributed by atoms with van der Waals surface area (Å²) in [6.07, 6.45) is 1.32. The second-order valence-electron chi connectivity index (χ2n) is 8.78. The minimum Gasteiger partial charge on any atom is -0.467 e. The average Bonchev–Trinajstić information content (AvgIpc) is 3.31. The molecule has 1 aromatic heterocycles. The maximum absolute atomic E-state index is 12.7. The first-order valence-electron chi connectivity index (χ1n) is 10.2. The zero-order valence-electron chi connectivity index (χ0n) is 18.4. The maximum atomic E-state index is 12.7. The van der Waals surface area contributed by atoms with E-state index < -0.39 is 17.6 Å². The molecule has 1 aromatic carbocycles. The van der Waals surface area contributed by atoms with Gasteiger partial charge >= 0.3 is 6.09 Å². The van der Waals surface area contributed by atoms with Crippen molar-refractivity contribution in [3.05, 3.63) is 54.0 Å². The highest BCUT2D eigenvalue weighted by atomic mass is 16.6. The average molecular weight is 428 g/mol. The van der Waals surface area contributed by atoms with Crippen molar-refractivity contribution in [2.24, 2.45) is 5.92 Å². The van der Waals surface area contributed by atoms with E-state index in [1.807, 2.05) is 39.0 Å². The van der Waals surface area contributed by atoms with Gasteiger partial charge in [-0.3, -0.25) is 9.59 Å². The van der Waals surface area contributed by atoms with Crippen LogP contribution >= 0.6 is 0 Å². The predicted octanol–water partition coefficient (Wildman–Crippen LogP) is 3.63. The van der Waals surface area contributed by atoms with Crippen LogP contribution in [-0.2, 0) is 27.4 Å². The fraction of sp³-hybridized carbons (Fsp3) is 0.435. The van der Waals surface area contributed by atoms with Crippen LogP contribution in [0.2, 0.25) is 0 Å². The first kappa shape index (κ1) is 22.4. The van der Waals surface area contributed by atoms with E-state index in [-0.39, 0.29) is 18.2 Å². The standard InChI is InChI=1S/C23H29N3O5/c1-23(2,3)31-22(29)25(4)13-16-7-5-8-18(11-16)24-21(28)17-12-20(27)26(14-17)15-19-9-6-10-30-19/h5-11,17H,12-15H2,1-4H3,(H,24,28). The van der Waals surface area contributed by atoms with E-state index in [1.54, 1.807) is 36.4 Å². The first-order valence-corrected chi connectivity index (χ1v) is 10.2. The zero-order valence-corrected chi connectivity index (χ0v) is 18.4. The van der Waals surface area contributed by atoms with Crippen molar-refractivity contribution < 1.29 is 23.5 Å². The number of nitrogens with zero attached hydrogens (tertiary/aromatic N) is 2. The van der Waals surface area contributed by atoms with E-state index in [4.69, 9.17) is 9.15 Å². The molecule has 1 aliphatic rings. The van der Waals surface area contributed by atoms with Crippen LogP contribution in [0.1, 0.15) is 38.5 Å². The van der Waals surface area contributed by atoms with Crippen LogP contribution in [0.15, 0.2) is 47.1 Å². The fourth-order valence-corrected chi connectivity index (χ4v) is 3.36. The Morgan fingerprint density at radius 2 is 2.03 bits per heavy atom. The van der Waals surface area contributed by atoms with Gasteiger partial charge in [-0.05, 0) is 50.6 Å². The molecule has 8 nitrogen and oxygen atoms in total. The Balaban J connectivity index is 1.56. The molecule has 0 aliphatic carbocycles. The van der Waals surface area contributed by atoms with Gasteiger partial charge in [0, 0.05) is 32.2 Å². The zero-order chi connectivity index (χ0) is 22.6. The number of carbonyl (C=O) groups is 3. The summed E-state index contributed by atoms with van der Waals surface area (Å²) in [6, 6.07) is 10.9. The van der Waals surface area contributed by atoms with Gasteiger partial charge in [-0.15, -0.1) is 0 Å². The van der Waals surface area contributed by atoms with Crippen LogP contribution in [0, 0.1) is 5.92 Å². The third-order valence-corrected chi connectivity index (χ3v) is 4.83. The number of amides is 3. The molecular weight excluding hydrogens is 398 g/mol. The van der Waals surface area contributed by atoms with E-state index >= 15 is 0 Å². The molecule has 8 heteroatoms. The third-order valence-electron chi connectivity index (χ3n) is 4.83. The second kappa shape index (κ2) is 9.24. The van der Waals surface area contributed by atoms with Crippen molar-refractivity contribution >= 4 is 23.6 Å². The molecule has 2 heterocycles. The normalized spacial score (nSPS) is 16.3. The Labute approximate surface area is 182 Å². The highest BCUT2D eigenvalue weighted by Crippen LogP contribution is 2.23. The van der Waals surface area contributed by atoms with Crippen molar-refractivity contribution in [1.29, 1.82) is 0 Å². The van der Waals surface area contributed by atoms with Gasteiger partial charge < -0.3 is 24.3 Å².